The van der Waals surface area contributed by atoms with Gasteiger partial charge in [0.05, 0.1) is 5.69 Å². The molecule has 1 saturated heterocycles. The maximum absolute atomic E-state index is 5.43. The Morgan fingerprint density at radius 2 is 2.06 bits per heavy atom. The van der Waals surface area contributed by atoms with Crippen LogP contribution >= 0.6 is 0 Å². The van der Waals surface area contributed by atoms with Crippen molar-refractivity contribution in [2.24, 2.45) is 5.92 Å². The molecule has 0 N–H and O–H groups in total. The lowest BCUT2D eigenvalue weighted by molar-refractivity contribution is 0.183. The van der Waals surface area contributed by atoms with Crippen molar-refractivity contribution in [3.05, 3.63) is 17.0 Å². The monoisotopic (exact) mass is 250 g/mol. The molecular formula is C15H26N2O. The first-order valence-corrected chi connectivity index (χ1v) is 7.02. The summed E-state index contributed by atoms with van der Waals surface area (Å²) in [6.45, 7) is 14.0. The lowest BCUT2D eigenvalue weighted by Gasteiger charge is -2.19. The van der Waals surface area contributed by atoms with Crippen LogP contribution < -0.4 is 0 Å². The number of ether oxygens (including phenoxy) is 1. The lowest BCUT2D eigenvalue weighted by atomic mass is 9.85. The first-order valence-electron chi connectivity index (χ1n) is 7.02. The third-order valence-corrected chi connectivity index (χ3v) is 3.90. The van der Waals surface area contributed by atoms with Crippen LogP contribution in [-0.2, 0) is 16.7 Å². The standard InChI is InChI=1S/C15H26N2O/c1-11-14(15(3,4)5)12(2)17(16-11)8-6-13-7-9-18-10-13/h13H,6-10H2,1-5H3. The minimum absolute atomic E-state index is 0.183. The second-order valence-corrected chi connectivity index (χ2v) is 6.54. The highest BCUT2D eigenvalue weighted by atomic mass is 16.5. The van der Waals surface area contributed by atoms with Gasteiger partial charge < -0.3 is 4.74 Å². The minimum Gasteiger partial charge on any atom is -0.381 e. The van der Waals surface area contributed by atoms with Crippen LogP contribution in [0, 0.1) is 19.8 Å². The number of aryl methyl sites for hydroxylation is 2. The number of aromatic nitrogens is 2. The molecule has 1 atom stereocenters. The molecule has 0 spiro atoms. The highest BCUT2D eigenvalue weighted by Crippen LogP contribution is 2.29. The molecule has 3 nitrogen and oxygen atoms in total. The second kappa shape index (κ2) is 5.04. The van der Waals surface area contributed by atoms with Gasteiger partial charge in [-0.25, -0.2) is 0 Å². The van der Waals surface area contributed by atoms with Crippen molar-refractivity contribution in [1.29, 1.82) is 0 Å². The van der Waals surface area contributed by atoms with E-state index in [1.165, 1.54) is 29.8 Å². The largest absolute Gasteiger partial charge is 0.381 e. The van der Waals surface area contributed by atoms with Crippen molar-refractivity contribution < 1.29 is 4.74 Å². The molecule has 1 aliphatic heterocycles. The molecule has 1 unspecified atom stereocenters. The van der Waals surface area contributed by atoms with Crippen LogP contribution in [0.4, 0.5) is 0 Å². The summed E-state index contributed by atoms with van der Waals surface area (Å²) in [5.41, 5.74) is 4.11. The van der Waals surface area contributed by atoms with Gasteiger partial charge in [-0.1, -0.05) is 20.8 Å². The molecule has 0 bridgehead atoms. The molecule has 1 fully saturated rings. The van der Waals surface area contributed by atoms with Gasteiger partial charge in [0.15, 0.2) is 0 Å². The van der Waals surface area contributed by atoms with Gasteiger partial charge in [-0.15, -0.1) is 0 Å². The Balaban J connectivity index is 2.09. The Morgan fingerprint density at radius 3 is 2.56 bits per heavy atom. The van der Waals surface area contributed by atoms with Crippen molar-refractivity contribution in [2.75, 3.05) is 13.2 Å². The molecule has 1 aromatic rings. The quantitative estimate of drug-likeness (QED) is 0.823. The van der Waals surface area contributed by atoms with Crippen molar-refractivity contribution in [3.63, 3.8) is 0 Å². The van der Waals surface area contributed by atoms with Crippen LogP contribution in [0.25, 0.3) is 0 Å². The van der Waals surface area contributed by atoms with Crippen molar-refractivity contribution in [2.45, 2.75) is 59.4 Å². The summed E-state index contributed by atoms with van der Waals surface area (Å²) in [7, 11) is 0. The van der Waals surface area contributed by atoms with Crippen LogP contribution in [0.1, 0.15) is 50.6 Å². The van der Waals surface area contributed by atoms with E-state index in [0.29, 0.717) is 0 Å². The molecule has 1 aromatic heterocycles. The van der Waals surface area contributed by atoms with Crippen LogP contribution in [-0.4, -0.2) is 23.0 Å². The van der Waals surface area contributed by atoms with Gasteiger partial charge in [0.2, 0.25) is 0 Å². The van der Waals surface area contributed by atoms with Crippen molar-refractivity contribution >= 4 is 0 Å². The van der Waals surface area contributed by atoms with Crippen LogP contribution in [0.5, 0.6) is 0 Å². The maximum Gasteiger partial charge on any atom is 0.0633 e. The van der Waals surface area contributed by atoms with E-state index in [0.717, 1.165) is 25.7 Å². The van der Waals surface area contributed by atoms with Crippen molar-refractivity contribution in [3.8, 4) is 0 Å². The molecule has 102 valence electrons. The van der Waals surface area contributed by atoms with Gasteiger partial charge in [-0.2, -0.15) is 5.10 Å². The Morgan fingerprint density at radius 1 is 1.33 bits per heavy atom. The maximum atomic E-state index is 5.43. The summed E-state index contributed by atoms with van der Waals surface area (Å²) in [4.78, 5) is 0. The summed E-state index contributed by atoms with van der Waals surface area (Å²) in [6.07, 6.45) is 2.40. The Hall–Kier alpha value is -0.830. The zero-order valence-electron chi connectivity index (χ0n) is 12.4. The van der Waals surface area contributed by atoms with Gasteiger partial charge in [-0.05, 0) is 38.0 Å². The summed E-state index contributed by atoms with van der Waals surface area (Å²) in [5.74, 6) is 0.729. The normalized spacial score (nSPS) is 20.6. The highest BCUT2D eigenvalue weighted by Gasteiger charge is 2.24. The van der Waals surface area contributed by atoms with E-state index < -0.39 is 0 Å². The summed E-state index contributed by atoms with van der Waals surface area (Å²) in [6, 6.07) is 0. The van der Waals surface area contributed by atoms with Gasteiger partial charge in [0.25, 0.3) is 0 Å². The molecule has 3 heteroatoms. The van der Waals surface area contributed by atoms with E-state index in [9.17, 15) is 0 Å². The number of hydrogen-bond donors (Lipinski definition) is 0. The van der Waals surface area contributed by atoms with E-state index in [1.807, 2.05) is 0 Å². The predicted octanol–water partition coefficient (Wildman–Crippen LogP) is 3.22. The fourth-order valence-corrected chi connectivity index (χ4v) is 3.12. The zero-order chi connectivity index (χ0) is 13.3. The summed E-state index contributed by atoms with van der Waals surface area (Å²) in [5, 5.41) is 4.71. The fourth-order valence-electron chi connectivity index (χ4n) is 3.12. The van der Waals surface area contributed by atoms with Gasteiger partial charge in [0, 0.05) is 31.0 Å². The molecule has 1 aliphatic rings. The molecule has 2 rings (SSSR count). The lowest BCUT2D eigenvalue weighted by Crippen LogP contribution is -2.14. The smallest absolute Gasteiger partial charge is 0.0633 e. The Bertz CT molecular complexity index is 409. The molecule has 0 saturated carbocycles. The molecule has 0 radical (unpaired) electrons. The zero-order valence-corrected chi connectivity index (χ0v) is 12.4. The van der Waals surface area contributed by atoms with Crippen LogP contribution in [0.15, 0.2) is 0 Å². The molecule has 0 aromatic carbocycles. The second-order valence-electron chi connectivity index (χ2n) is 6.54. The average molecular weight is 250 g/mol. The minimum atomic E-state index is 0.183. The van der Waals surface area contributed by atoms with E-state index in [2.05, 4.69) is 39.3 Å². The van der Waals surface area contributed by atoms with Crippen LogP contribution in [0.2, 0.25) is 0 Å². The SMILES string of the molecule is Cc1nn(CCC2CCOC2)c(C)c1C(C)(C)C. The van der Waals surface area contributed by atoms with E-state index in [1.54, 1.807) is 0 Å². The predicted molar refractivity (Wildman–Crippen MR) is 73.9 cm³/mol. The summed E-state index contributed by atoms with van der Waals surface area (Å²) >= 11 is 0. The molecular weight excluding hydrogens is 224 g/mol. The molecule has 0 amide bonds. The first kappa shape index (κ1) is 13.6. The number of nitrogens with zero attached hydrogens (tertiary/aromatic N) is 2. The van der Waals surface area contributed by atoms with E-state index >= 15 is 0 Å². The van der Waals surface area contributed by atoms with Crippen molar-refractivity contribution in [1.82, 2.24) is 9.78 Å². The van der Waals surface area contributed by atoms with Gasteiger partial charge in [0.1, 0.15) is 0 Å². The number of rotatable bonds is 3. The third-order valence-electron chi connectivity index (χ3n) is 3.90. The topological polar surface area (TPSA) is 27.1 Å². The fraction of sp³-hybridized carbons (Fsp3) is 0.800. The highest BCUT2D eigenvalue weighted by molar-refractivity contribution is 5.31. The Kier molecular flexibility index (Phi) is 3.81. The number of hydrogen-bond acceptors (Lipinski definition) is 2. The van der Waals surface area contributed by atoms with E-state index in [4.69, 9.17) is 9.84 Å². The van der Waals surface area contributed by atoms with E-state index in [-0.39, 0.29) is 5.41 Å². The first-order chi connectivity index (χ1) is 8.39. The van der Waals surface area contributed by atoms with Gasteiger partial charge in [-0.3, -0.25) is 4.68 Å². The molecule has 2 heterocycles. The Labute approximate surface area is 111 Å². The third kappa shape index (κ3) is 2.77. The molecule has 18 heavy (non-hydrogen) atoms. The van der Waals surface area contributed by atoms with Gasteiger partial charge >= 0.3 is 0 Å². The molecule has 0 aliphatic carbocycles. The van der Waals surface area contributed by atoms with Crippen LogP contribution in [0.3, 0.4) is 0 Å². The summed E-state index contributed by atoms with van der Waals surface area (Å²) < 4.78 is 7.62. The average Bonchev–Trinajstić information content (AvgIpc) is 2.82.